The van der Waals surface area contributed by atoms with E-state index in [2.05, 4.69) is 5.32 Å². The van der Waals surface area contributed by atoms with Gasteiger partial charge in [0, 0.05) is 12.0 Å². The lowest BCUT2D eigenvalue weighted by Gasteiger charge is -2.26. The molecule has 0 atom stereocenters. The number of amides is 1. The van der Waals surface area contributed by atoms with Crippen LogP contribution in [0, 0.1) is 11.2 Å². The Balaban J connectivity index is 1.74. The molecule has 2 rings (SSSR count). The van der Waals surface area contributed by atoms with Gasteiger partial charge in [0.25, 0.3) is 5.91 Å². The van der Waals surface area contributed by atoms with Crippen LogP contribution in [-0.2, 0) is 4.79 Å². The van der Waals surface area contributed by atoms with E-state index in [0.717, 1.165) is 25.7 Å². The van der Waals surface area contributed by atoms with Gasteiger partial charge in [0.2, 0.25) is 0 Å². The first-order chi connectivity index (χ1) is 9.63. The van der Waals surface area contributed by atoms with Crippen LogP contribution in [0.3, 0.4) is 0 Å². The highest BCUT2D eigenvalue weighted by atomic mass is 19.1. The van der Waals surface area contributed by atoms with Gasteiger partial charge in [0.05, 0.1) is 6.61 Å². The topological polar surface area (TPSA) is 58.6 Å². The third-order valence-corrected chi connectivity index (χ3v) is 3.84. The van der Waals surface area contributed by atoms with Gasteiger partial charge in [0.1, 0.15) is 11.6 Å². The first-order valence-corrected chi connectivity index (χ1v) is 6.89. The SMILES string of the molecule is O=C(COc1ccc(F)cc1)NCC1(CO)CCCC1. The van der Waals surface area contributed by atoms with Crippen LogP contribution in [0.1, 0.15) is 25.7 Å². The summed E-state index contributed by atoms with van der Waals surface area (Å²) in [6.45, 7) is 0.481. The molecule has 0 bridgehead atoms. The van der Waals surface area contributed by atoms with E-state index in [1.807, 2.05) is 0 Å². The Morgan fingerprint density at radius 2 is 1.95 bits per heavy atom. The molecule has 1 aromatic carbocycles. The van der Waals surface area contributed by atoms with Gasteiger partial charge >= 0.3 is 0 Å². The van der Waals surface area contributed by atoms with Gasteiger partial charge in [-0.05, 0) is 37.1 Å². The van der Waals surface area contributed by atoms with E-state index < -0.39 is 0 Å². The third-order valence-electron chi connectivity index (χ3n) is 3.84. The van der Waals surface area contributed by atoms with Crippen molar-refractivity contribution >= 4 is 5.91 Å². The van der Waals surface area contributed by atoms with Gasteiger partial charge < -0.3 is 15.2 Å². The number of hydrogen-bond donors (Lipinski definition) is 2. The van der Waals surface area contributed by atoms with Crippen LogP contribution < -0.4 is 10.1 Å². The maximum Gasteiger partial charge on any atom is 0.257 e. The number of aliphatic hydroxyl groups is 1. The van der Waals surface area contributed by atoms with Crippen molar-refractivity contribution in [2.45, 2.75) is 25.7 Å². The largest absolute Gasteiger partial charge is 0.484 e. The minimum absolute atomic E-state index is 0.103. The monoisotopic (exact) mass is 281 g/mol. The molecule has 4 nitrogen and oxygen atoms in total. The van der Waals surface area contributed by atoms with Crippen LogP contribution in [0.4, 0.5) is 4.39 Å². The standard InChI is InChI=1S/C15H20FNO3/c16-12-3-5-13(6-4-12)20-9-14(19)17-10-15(11-18)7-1-2-8-15/h3-6,18H,1-2,7-11H2,(H,17,19). The summed E-state index contributed by atoms with van der Waals surface area (Å²) in [6.07, 6.45) is 4.09. The summed E-state index contributed by atoms with van der Waals surface area (Å²) in [5.41, 5.74) is -0.161. The molecule has 0 aliphatic heterocycles. The van der Waals surface area contributed by atoms with Crippen LogP contribution >= 0.6 is 0 Å². The molecule has 0 heterocycles. The van der Waals surface area contributed by atoms with Crippen molar-refractivity contribution in [1.29, 1.82) is 0 Å². The number of carbonyl (C=O) groups is 1. The molecule has 20 heavy (non-hydrogen) atoms. The average molecular weight is 281 g/mol. The molecule has 110 valence electrons. The summed E-state index contributed by atoms with van der Waals surface area (Å²) in [6, 6.07) is 5.53. The van der Waals surface area contributed by atoms with Crippen LogP contribution in [0.15, 0.2) is 24.3 Å². The smallest absolute Gasteiger partial charge is 0.257 e. The van der Waals surface area contributed by atoms with Crippen molar-refractivity contribution in [1.82, 2.24) is 5.32 Å². The van der Waals surface area contributed by atoms with Crippen molar-refractivity contribution < 1.29 is 19.0 Å². The third kappa shape index (κ3) is 3.93. The van der Waals surface area contributed by atoms with E-state index in [4.69, 9.17) is 4.74 Å². The fourth-order valence-electron chi connectivity index (χ4n) is 2.53. The van der Waals surface area contributed by atoms with Gasteiger partial charge in [-0.1, -0.05) is 12.8 Å². The molecule has 0 saturated heterocycles. The second-order valence-electron chi connectivity index (χ2n) is 5.38. The number of rotatable bonds is 6. The molecule has 0 radical (unpaired) electrons. The van der Waals surface area contributed by atoms with E-state index in [0.29, 0.717) is 12.3 Å². The van der Waals surface area contributed by atoms with Crippen molar-refractivity contribution in [2.24, 2.45) is 5.41 Å². The predicted octanol–water partition coefficient (Wildman–Crippen LogP) is 1.87. The maximum absolute atomic E-state index is 12.7. The Hall–Kier alpha value is -1.62. The Bertz CT molecular complexity index is 441. The quantitative estimate of drug-likeness (QED) is 0.837. The molecular formula is C15H20FNO3. The fraction of sp³-hybridized carbons (Fsp3) is 0.533. The first-order valence-electron chi connectivity index (χ1n) is 6.89. The molecule has 0 unspecified atom stereocenters. The molecule has 1 aliphatic carbocycles. The molecule has 1 amide bonds. The number of aliphatic hydroxyl groups excluding tert-OH is 1. The highest BCUT2D eigenvalue weighted by Crippen LogP contribution is 2.36. The Morgan fingerprint density at radius 1 is 1.30 bits per heavy atom. The molecule has 5 heteroatoms. The fourth-order valence-corrected chi connectivity index (χ4v) is 2.53. The number of nitrogens with one attached hydrogen (secondary N) is 1. The summed E-state index contributed by atoms with van der Waals surface area (Å²) >= 11 is 0. The Morgan fingerprint density at radius 3 is 2.55 bits per heavy atom. The second-order valence-corrected chi connectivity index (χ2v) is 5.38. The van der Waals surface area contributed by atoms with Crippen molar-refractivity contribution in [3.63, 3.8) is 0 Å². The zero-order valence-electron chi connectivity index (χ0n) is 11.4. The number of ether oxygens (including phenoxy) is 1. The van der Waals surface area contributed by atoms with Gasteiger partial charge in [-0.25, -0.2) is 4.39 Å². The second kappa shape index (κ2) is 6.70. The van der Waals surface area contributed by atoms with Gasteiger partial charge in [-0.15, -0.1) is 0 Å². The molecule has 1 saturated carbocycles. The lowest BCUT2D eigenvalue weighted by Crippen LogP contribution is -2.40. The average Bonchev–Trinajstić information content (AvgIpc) is 2.94. The van der Waals surface area contributed by atoms with E-state index in [1.54, 1.807) is 0 Å². The zero-order chi connectivity index (χ0) is 14.4. The lowest BCUT2D eigenvalue weighted by atomic mass is 9.87. The van der Waals surface area contributed by atoms with Crippen LogP contribution in [0.2, 0.25) is 0 Å². The normalized spacial score (nSPS) is 16.9. The van der Waals surface area contributed by atoms with Crippen molar-refractivity contribution in [3.8, 4) is 5.75 Å². The number of benzene rings is 1. The van der Waals surface area contributed by atoms with E-state index >= 15 is 0 Å². The van der Waals surface area contributed by atoms with E-state index in [1.165, 1.54) is 24.3 Å². The summed E-state index contributed by atoms with van der Waals surface area (Å²) in [4.78, 5) is 11.7. The summed E-state index contributed by atoms with van der Waals surface area (Å²) < 4.78 is 18.0. The molecular weight excluding hydrogens is 261 g/mol. The molecule has 0 spiro atoms. The Kier molecular flexibility index (Phi) is 4.95. The molecule has 2 N–H and O–H groups in total. The van der Waals surface area contributed by atoms with Gasteiger partial charge in [0.15, 0.2) is 6.61 Å². The minimum Gasteiger partial charge on any atom is -0.484 e. The first kappa shape index (κ1) is 14.8. The molecule has 1 aromatic rings. The van der Waals surface area contributed by atoms with Crippen LogP contribution in [-0.4, -0.2) is 30.8 Å². The van der Waals surface area contributed by atoms with Gasteiger partial charge in [-0.2, -0.15) is 0 Å². The molecule has 1 aliphatic rings. The highest BCUT2D eigenvalue weighted by molar-refractivity contribution is 5.77. The summed E-state index contributed by atoms with van der Waals surface area (Å²) in [5, 5.41) is 12.2. The van der Waals surface area contributed by atoms with Gasteiger partial charge in [-0.3, -0.25) is 4.79 Å². The van der Waals surface area contributed by atoms with E-state index in [-0.39, 0.29) is 30.4 Å². The number of carbonyl (C=O) groups excluding carboxylic acids is 1. The highest BCUT2D eigenvalue weighted by Gasteiger charge is 2.33. The van der Waals surface area contributed by atoms with Crippen molar-refractivity contribution in [3.05, 3.63) is 30.1 Å². The van der Waals surface area contributed by atoms with Crippen molar-refractivity contribution in [2.75, 3.05) is 19.8 Å². The Labute approximate surface area is 117 Å². The maximum atomic E-state index is 12.7. The lowest BCUT2D eigenvalue weighted by molar-refractivity contribution is -0.123. The summed E-state index contributed by atoms with van der Waals surface area (Å²) in [7, 11) is 0. The predicted molar refractivity (Wildman–Crippen MR) is 72.9 cm³/mol. The van der Waals surface area contributed by atoms with Crippen LogP contribution in [0.25, 0.3) is 0 Å². The van der Waals surface area contributed by atoms with Crippen LogP contribution in [0.5, 0.6) is 5.75 Å². The number of hydrogen-bond acceptors (Lipinski definition) is 3. The summed E-state index contributed by atoms with van der Waals surface area (Å²) in [5.74, 6) is -0.110. The zero-order valence-corrected chi connectivity index (χ0v) is 11.4. The van der Waals surface area contributed by atoms with E-state index in [9.17, 15) is 14.3 Å². The number of halogens is 1. The molecule has 0 aromatic heterocycles. The molecule has 1 fully saturated rings. The minimum atomic E-state index is -0.340.